The van der Waals surface area contributed by atoms with Crippen LogP contribution in [0.4, 0.5) is 5.69 Å². The molecule has 2 nitrogen and oxygen atoms in total. The highest BCUT2D eigenvalue weighted by molar-refractivity contribution is 6.30. The fourth-order valence-corrected chi connectivity index (χ4v) is 2.38. The van der Waals surface area contributed by atoms with E-state index < -0.39 is 0 Å². The van der Waals surface area contributed by atoms with E-state index in [-0.39, 0.29) is 0 Å². The molecule has 2 rings (SSSR count). The van der Waals surface area contributed by atoms with E-state index in [0.717, 1.165) is 17.5 Å². The number of rotatable bonds is 3. The summed E-state index contributed by atoms with van der Waals surface area (Å²) in [6, 6.07) is 8.08. The van der Waals surface area contributed by atoms with E-state index in [9.17, 15) is 0 Å². The molecule has 0 unspecified atom stereocenters. The van der Waals surface area contributed by atoms with Gasteiger partial charge < -0.3 is 10.2 Å². The van der Waals surface area contributed by atoms with Crippen molar-refractivity contribution in [2.75, 3.05) is 31.6 Å². The van der Waals surface area contributed by atoms with E-state index in [4.69, 9.17) is 11.6 Å². The predicted octanol–water partition coefficient (Wildman–Crippen LogP) is 2.78. The van der Waals surface area contributed by atoms with Crippen LogP contribution in [-0.4, -0.2) is 26.7 Å². The minimum absolute atomic E-state index is 0.805. The zero-order valence-corrected chi connectivity index (χ0v) is 10.5. The average molecular weight is 239 g/mol. The van der Waals surface area contributed by atoms with Gasteiger partial charge in [-0.25, -0.2) is 0 Å². The van der Waals surface area contributed by atoms with Crippen molar-refractivity contribution >= 4 is 17.3 Å². The molecule has 1 heterocycles. The molecule has 0 bridgehead atoms. The van der Waals surface area contributed by atoms with Crippen LogP contribution >= 0.6 is 11.6 Å². The number of piperidine rings is 1. The Morgan fingerprint density at radius 2 is 1.88 bits per heavy atom. The third kappa shape index (κ3) is 3.13. The van der Waals surface area contributed by atoms with Gasteiger partial charge in [0, 0.05) is 24.3 Å². The van der Waals surface area contributed by atoms with Crippen molar-refractivity contribution in [1.29, 1.82) is 0 Å². The van der Waals surface area contributed by atoms with E-state index in [0.29, 0.717) is 0 Å². The van der Waals surface area contributed by atoms with Gasteiger partial charge in [0.2, 0.25) is 0 Å². The van der Waals surface area contributed by atoms with Crippen molar-refractivity contribution in [3.63, 3.8) is 0 Å². The Morgan fingerprint density at radius 1 is 1.25 bits per heavy atom. The van der Waals surface area contributed by atoms with Gasteiger partial charge in [-0.15, -0.1) is 0 Å². The fraction of sp³-hybridized carbons (Fsp3) is 0.538. The molecule has 3 heteroatoms. The summed E-state index contributed by atoms with van der Waals surface area (Å²) >= 11 is 5.88. The average Bonchev–Trinajstić information content (AvgIpc) is 2.31. The van der Waals surface area contributed by atoms with E-state index >= 15 is 0 Å². The lowest BCUT2D eigenvalue weighted by atomic mass is 9.97. The van der Waals surface area contributed by atoms with Gasteiger partial charge in [-0.3, -0.25) is 0 Å². The quantitative estimate of drug-likeness (QED) is 0.871. The Balaban J connectivity index is 1.91. The van der Waals surface area contributed by atoms with Crippen LogP contribution in [-0.2, 0) is 0 Å². The molecule has 0 aromatic heterocycles. The lowest BCUT2D eigenvalue weighted by molar-refractivity contribution is 0.378. The molecule has 1 aromatic rings. The molecule has 1 aliphatic rings. The van der Waals surface area contributed by atoms with Gasteiger partial charge in [0.1, 0.15) is 0 Å². The maximum Gasteiger partial charge on any atom is 0.0407 e. The molecule has 0 atom stereocenters. The summed E-state index contributed by atoms with van der Waals surface area (Å²) in [5, 5.41) is 4.20. The highest BCUT2D eigenvalue weighted by Crippen LogP contribution is 2.20. The molecule has 1 aromatic carbocycles. The molecular formula is C13H19ClN2. The number of nitrogens with one attached hydrogen (secondary N) is 1. The standard InChI is InChI=1S/C13H19ClN2/c1-16(10-11-6-8-15-9-7-11)13-4-2-12(14)3-5-13/h2-5,11,15H,6-10H2,1H3. The maximum atomic E-state index is 5.88. The van der Waals surface area contributed by atoms with Crippen molar-refractivity contribution in [1.82, 2.24) is 5.32 Å². The molecule has 1 saturated heterocycles. The van der Waals surface area contributed by atoms with Gasteiger partial charge in [-0.2, -0.15) is 0 Å². The summed E-state index contributed by atoms with van der Waals surface area (Å²) in [6.45, 7) is 3.47. The van der Waals surface area contributed by atoms with Crippen LogP contribution in [0.5, 0.6) is 0 Å². The Kier molecular flexibility index (Phi) is 4.08. The van der Waals surface area contributed by atoms with E-state index in [1.807, 2.05) is 12.1 Å². The van der Waals surface area contributed by atoms with Gasteiger partial charge in [-0.05, 0) is 56.1 Å². The Bertz CT molecular complexity index is 317. The number of nitrogens with zero attached hydrogens (tertiary/aromatic N) is 1. The minimum Gasteiger partial charge on any atom is -0.374 e. The van der Waals surface area contributed by atoms with Gasteiger partial charge in [0.05, 0.1) is 0 Å². The van der Waals surface area contributed by atoms with Gasteiger partial charge in [0.25, 0.3) is 0 Å². The molecule has 0 amide bonds. The summed E-state index contributed by atoms with van der Waals surface area (Å²) in [5.74, 6) is 0.821. The van der Waals surface area contributed by atoms with Crippen LogP contribution in [0, 0.1) is 5.92 Å². The molecule has 0 spiro atoms. The number of anilines is 1. The molecule has 0 radical (unpaired) electrons. The lowest BCUT2D eigenvalue weighted by Crippen LogP contribution is -2.34. The topological polar surface area (TPSA) is 15.3 Å². The van der Waals surface area contributed by atoms with Crippen LogP contribution in [0.2, 0.25) is 5.02 Å². The van der Waals surface area contributed by atoms with E-state index in [1.54, 1.807) is 0 Å². The summed E-state index contributed by atoms with van der Waals surface area (Å²) in [6.07, 6.45) is 2.58. The summed E-state index contributed by atoms with van der Waals surface area (Å²) in [5.41, 5.74) is 1.25. The van der Waals surface area contributed by atoms with Crippen LogP contribution in [0.1, 0.15) is 12.8 Å². The second kappa shape index (κ2) is 5.55. The molecule has 1 fully saturated rings. The smallest absolute Gasteiger partial charge is 0.0407 e. The van der Waals surface area contributed by atoms with Crippen LogP contribution in [0.25, 0.3) is 0 Å². The first kappa shape index (κ1) is 11.7. The molecule has 0 saturated carbocycles. The molecule has 16 heavy (non-hydrogen) atoms. The molecular weight excluding hydrogens is 220 g/mol. The van der Waals surface area contributed by atoms with Crippen molar-refractivity contribution in [2.45, 2.75) is 12.8 Å². The molecule has 1 aliphatic heterocycles. The third-order valence-corrected chi connectivity index (χ3v) is 3.51. The normalized spacial score (nSPS) is 17.4. The second-order valence-electron chi connectivity index (χ2n) is 4.55. The van der Waals surface area contributed by atoms with Crippen molar-refractivity contribution < 1.29 is 0 Å². The summed E-state index contributed by atoms with van der Waals surface area (Å²) < 4.78 is 0. The van der Waals surface area contributed by atoms with Gasteiger partial charge >= 0.3 is 0 Å². The highest BCUT2D eigenvalue weighted by Gasteiger charge is 2.15. The summed E-state index contributed by atoms with van der Waals surface area (Å²) in [4.78, 5) is 2.33. The SMILES string of the molecule is CN(CC1CCNCC1)c1ccc(Cl)cc1. The molecule has 0 aliphatic carbocycles. The number of hydrogen-bond acceptors (Lipinski definition) is 2. The predicted molar refractivity (Wildman–Crippen MR) is 70.3 cm³/mol. The first-order valence-electron chi connectivity index (χ1n) is 5.93. The van der Waals surface area contributed by atoms with E-state index in [2.05, 4.69) is 29.4 Å². The minimum atomic E-state index is 0.805. The Labute approximate surface area is 103 Å². The van der Waals surface area contributed by atoms with E-state index in [1.165, 1.54) is 31.6 Å². The summed E-state index contributed by atoms with van der Waals surface area (Å²) in [7, 11) is 2.16. The Hall–Kier alpha value is -0.730. The van der Waals surface area contributed by atoms with Crippen LogP contribution in [0.15, 0.2) is 24.3 Å². The largest absolute Gasteiger partial charge is 0.374 e. The number of halogens is 1. The van der Waals surface area contributed by atoms with Gasteiger partial charge in [0.15, 0.2) is 0 Å². The molecule has 88 valence electrons. The lowest BCUT2D eigenvalue weighted by Gasteiger charge is -2.28. The van der Waals surface area contributed by atoms with Crippen molar-refractivity contribution in [3.05, 3.63) is 29.3 Å². The number of hydrogen-bond donors (Lipinski definition) is 1. The first-order chi connectivity index (χ1) is 7.75. The van der Waals surface area contributed by atoms with Crippen LogP contribution < -0.4 is 10.2 Å². The van der Waals surface area contributed by atoms with Crippen LogP contribution in [0.3, 0.4) is 0 Å². The zero-order chi connectivity index (χ0) is 11.4. The zero-order valence-electron chi connectivity index (χ0n) is 9.75. The Morgan fingerprint density at radius 3 is 2.50 bits per heavy atom. The van der Waals surface area contributed by atoms with Crippen molar-refractivity contribution in [3.8, 4) is 0 Å². The van der Waals surface area contributed by atoms with Crippen molar-refractivity contribution in [2.24, 2.45) is 5.92 Å². The maximum absolute atomic E-state index is 5.88. The number of benzene rings is 1. The van der Waals surface area contributed by atoms with Gasteiger partial charge in [-0.1, -0.05) is 11.6 Å². The third-order valence-electron chi connectivity index (χ3n) is 3.26. The molecule has 1 N–H and O–H groups in total. The first-order valence-corrected chi connectivity index (χ1v) is 6.31. The monoisotopic (exact) mass is 238 g/mol. The fourth-order valence-electron chi connectivity index (χ4n) is 2.25. The highest BCUT2D eigenvalue weighted by atomic mass is 35.5. The second-order valence-corrected chi connectivity index (χ2v) is 4.99.